The highest BCUT2D eigenvalue weighted by molar-refractivity contribution is 8.01. The summed E-state index contributed by atoms with van der Waals surface area (Å²) in [4.78, 5) is 28.6. The molecule has 0 radical (unpaired) electrons. The lowest BCUT2D eigenvalue weighted by Crippen LogP contribution is -2.48. The van der Waals surface area contributed by atoms with Gasteiger partial charge in [0.15, 0.2) is 0 Å². The van der Waals surface area contributed by atoms with Gasteiger partial charge in [0.1, 0.15) is 10.3 Å². The second kappa shape index (κ2) is 4.88. The second-order valence-corrected chi connectivity index (χ2v) is 6.52. The van der Waals surface area contributed by atoms with E-state index in [0.717, 1.165) is 35.8 Å². The van der Waals surface area contributed by atoms with E-state index in [1.54, 1.807) is 12.3 Å². The molecule has 1 saturated heterocycles. The number of carbonyl (C=O) groups is 2. The largest absolute Gasteiger partial charge is 0.351 e. The van der Waals surface area contributed by atoms with E-state index in [1.807, 2.05) is 0 Å². The van der Waals surface area contributed by atoms with Crippen molar-refractivity contribution in [3.8, 4) is 0 Å². The zero-order chi connectivity index (χ0) is 14.4. The molecule has 0 aliphatic carbocycles. The van der Waals surface area contributed by atoms with Crippen LogP contribution in [-0.4, -0.2) is 41.3 Å². The van der Waals surface area contributed by atoms with Crippen LogP contribution in [-0.2, 0) is 4.79 Å². The second-order valence-electron chi connectivity index (χ2n) is 5.39. The van der Waals surface area contributed by atoms with Crippen LogP contribution in [0.25, 0.3) is 0 Å². The van der Waals surface area contributed by atoms with Crippen LogP contribution in [0.3, 0.4) is 0 Å². The van der Waals surface area contributed by atoms with Gasteiger partial charge in [-0.2, -0.15) is 0 Å². The monoisotopic (exact) mass is 305 g/mol. The molecule has 3 unspecified atom stereocenters. The molecule has 0 saturated carbocycles. The number of hydrogen-bond donors (Lipinski definition) is 4. The van der Waals surface area contributed by atoms with Gasteiger partial charge in [-0.15, -0.1) is 0 Å². The van der Waals surface area contributed by atoms with E-state index in [9.17, 15) is 9.59 Å². The van der Waals surface area contributed by atoms with Crippen LogP contribution >= 0.6 is 11.8 Å². The number of thioether (sulfide) groups is 1. The van der Waals surface area contributed by atoms with Gasteiger partial charge in [-0.1, -0.05) is 11.8 Å². The van der Waals surface area contributed by atoms with Gasteiger partial charge in [-0.25, -0.2) is 9.78 Å². The van der Waals surface area contributed by atoms with E-state index < -0.39 is 0 Å². The minimum Gasteiger partial charge on any atom is -0.351 e. The maximum Gasteiger partial charge on any atom is 0.319 e. The molecule has 7 nitrogen and oxygen atoms in total. The number of nitrogens with one attached hydrogen (secondary N) is 4. The van der Waals surface area contributed by atoms with Crippen LogP contribution in [0.4, 0.5) is 10.5 Å². The van der Waals surface area contributed by atoms with Gasteiger partial charge in [0.2, 0.25) is 5.91 Å². The molecule has 3 amide bonds. The lowest BCUT2D eigenvalue weighted by atomic mass is 10.0. The molecule has 3 aliphatic heterocycles. The Morgan fingerprint density at radius 3 is 3.19 bits per heavy atom. The molecule has 1 aromatic heterocycles. The third kappa shape index (κ3) is 2.14. The highest BCUT2D eigenvalue weighted by Crippen LogP contribution is 2.47. The van der Waals surface area contributed by atoms with Gasteiger partial charge in [0.25, 0.3) is 0 Å². The van der Waals surface area contributed by atoms with Gasteiger partial charge in [-0.3, -0.25) is 4.79 Å². The molecule has 0 bridgehead atoms. The van der Waals surface area contributed by atoms with Crippen LogP contribution < -0.4 is 21.3 Å². The van der Waals surface area contributed by atoms with Crippen molar-refractivity contribution in [3.63, 3.8) is 0 Å². The number of amides is 3. The van der Waals surface area contributed by atoms with Crippen LogP contribution in [0.15, 0.2) is 17.3 Å². The maximum absolute atomic E-state index is 12.5. The lowest BCUT2D eigenvalue weighted by Gasteiger charge is -2.26. The predicted octanol–water partition coefficient (Wildman–Crippen LogP) is 0.210. The third-order valence-electron chi connectivity index (χ3n) is 4.01. The van der Waals surface area contributed by atoms with Crippen molar-refractivity contribution in [2.45, 2.75) is 28.8 Å². The zero-order valence-corrected chi connectivity index (χ0v) is 12.0. The Kier molecular flexibility index (Phi) is 3.00. The standard InChI is InChI=1S/C13H15N5O2S/c19-11(16-6-1-3-14-5-6)10-9-8-7(17-13(20)18-9)2-4-15-12(8)21-10/h2,4,6,9-10,14H,1,3,5H2,(H,16,19)(H2,17,18,20). The van der Waals surface area contributed by atoms with E-state index in [-0.39, 0.29) is 29.3 Å². The normalized spacial score (nSPS) is 29.5. The van der Waals surface area contributed by atoms with Crippen molar-refractivity contribution < 1.29 is 9.59 Å². The summed E-state index contributed by atoms with van der Waals surface area (Å²) < 4.78 is 0. The van der Waals surface area contributed by atoms with E-state index >= 15 is 0 Å². The van der Waals surface area contributed by atoms with Gasteiger partial charge >= 0.3 is 6.03 Å². The quantitative estimate of drug-likeness (QED) is 0.626. The number of carbonyl (C=O) groups excluding carboxylic acids is 2. The summed E-state index contributed by atoms with van der Waals surface area (Å²) in [7, 11) is 0. The Morgan fingerprint density at radius 1 is 1.48 bits per heavy atom. The number of urea groups is 1. The number of nitrogens with zero attached hydrogens (tertiary/aromatic N) is 1. The highest BCUT2D eigenvalue weighted by Gasteiger charge is 2.44. The Morgan fingerprint density at radius 2 is 2.38 bits per heavy atom. The average Bonchev–Trinajstić information content (AvgIpc) is 3.08. The molecule has 4 heterocycles. The smallest absolute Gasteiger partial charge is 0.319 e. The van der Waals surface area contributed by atoms with E-state index in [2.05, 4.69) is 26.3 Å². The Balaban J connectivity index is 1.59. The van der Waals surface area contributed by atoms with Gasteiger partial charge in [0.05, 0.1) is 11.7 Å². The van der Waals surface area contributed by atoms with Crippen molar-refractivity contribution in [2.75, 3.05) is 18.4 Å². The van der Waals surface area contributed by atoms with Crippen molar-refractivity contribution >= 4 is 29.4 Å². The van der Waals surface area contributed by atoms with Crippen molar-refractivity contribution in [1.82, 2.24) is 20.9 Å². The molecular formula is C13H15N5O2S. The molecule has 110 valence electrons. The number of rotatable bonds is 2. The molecule has 8 heteroatoms. The van der Waals surface area contributed by atoms with Crippen LogP contribution in [0.1, 0.15) is 18.0 Å². The first-order chi connectivity index (χ1) is 10.2. The van der Waals surface area contributed by atoms with Crippen molar-refractivity contribution in [1.29, 1.82) is 0 Å². The fourth-order valence-corrected chi connectivity index (χ4v) is 4.25. The van der Waals surface area contributed by atoms with E-state index in [0.29, 0.717) is 0 Å². The summed E-state index contributed by atoms with van der Waals surface area (Å²) in [6, 6.07) is 1.36. The lowest BCUT2D eigenvalue weighted by molar-refractivity contribution is -0.121. The van der Waals surface area contributed by atoms with Gasteiger partial charge in [0, 0.05) is 24.3 Å². The molecule has 21 heavy (non-hydrogen) atoms. The summed E-state index contributed by atoms with van der Waals surface area (Å²) in [5.74, 6) is -0.0372. The maximum atomic E-state index is 12.5. The molecule has 3 aliphatic rings. The molecule has 0 aromatic carbocycles. The summed E-state index contributed by atoms with van der Waals surface area (Å²) in [6.07, 6.45) is 2.60. The number of anilines is 1. The van der Waals surface area contributed by atoms with Crippen molar-refractivity contribution in [3.05, 3.63) is 17.8 Å². The fraction of sp³-hybridized carbons (Fsp3) is 0.462. The first kappa shape index (κ1) is 12.9. The first-order valence-corrected chi connectivity index (χ1v) is 7.84. The SMILES string of the molecule is O=C1Nc2ccnc3c2C(N1)C(C(=O)NC1CCNC1)S3. The molecule has 1 fully saturated rings. The van der Waals surface area contributed by atoms with Gasteiger partial charge in [-0.05, 0) is 19.0 Å². The van der Waals surface area contributed by atoms with Gasteiger partial charge < -0.3 is 21.3 Å². The Labute approximate surface area is 125 Å². The molecule has 4 N–H and O–H groups in total. The fourth-order valence-electron chi connectivity index (χ4n) is 3.01. The Hall–Kier alpha value is -1.80. The summed E-state index contributed by atoms with van der Waals surface area (Å²) in [5, 5.41) is 12.3. The molecular weight excluding hydrogens is 290 g/mol. The molecule has 4 rings (SSSR count). The number of aromatic nitrogens is 1. The van der Waals surface area contributed by atoms with Crippen LogP contribution in [0, 0.1) is 0 Å². The molecule has 3 atom stereocenters. The topological polar surface area (TPSA) is 95.2 Å². The summed E-state index contributed by atoms with van der Waals surface area (Å²) in [5.41, 5.74) is 1.67. The van der Waals surface area contributed by atoms with E-state index in [1.165, 1.54) is 11.8 Å². The highest BCUT2D eigenvalue weighted by atomic mass is 32.2. The first-order valence-electron chi connectivity index (χ1n) is 6.96. The van der Waals surface area contributed by atoms with Crippen molar-refractivity contribution in [2.24, 2.45) is 0 Å². The number of hydrogen-bond acceptors (Lipinski definition) is 5. The van der Waals surface area contributed by atoms with Crippen LogP contribution in [0.2, 0.25) is 0 Å². The third-order valence-corrected chi connectivity index (χ3v) is 5.29. The zero-order valence-electron chi connectivity index (χ0n) is 11.2. The Bertz CT molecular complexity index is 617. The summed E-state index contributed by atoms with van der Waals surface area (Å²) in [6.45, 7) is 1.73. The minimum atomic E-state index is -0.361. The molecule has 1 aromatic rings. The number of pyridine rings is 1. The predicted molar refractivity (Wildman–Crippen MR) is 78.2 cm³/mol. The van der Waals surface area contributed by atoms with Crippen LogP contribution in [0.5, 0.6) is 0 Å². The summed E-state index contributed by atoms with van der Waals surface area (Å²) >= 11 is 1.42. The average molecular weight is 305 g/mol. The minimum absolute atomic E-state index is 0.0372. The van der Waals surface area contributed by atoms with E-state index in [4.69, 9.17) is 0 Å². The molecule has 0 spiro atoms.